The number of nitrogens with one attached hydrogen (secondary N) is 3. The molecule has 1 heterocycles. The third kappa shape index (κ3) is 3.72. The van der Waals surface area contributed by atoms with Crippen molar-refractivity contribution in [3.05, 3.63) is 24.3 Å². The molecule has 1 amide bonds. The summed E-state index contributed by atoms with van der Waals surface area (Å²) in [6.45, 7) is 3.05. The molecule has 1 aromatic rings. The highest BCUT2D eigenvalue weighted by Crippen LogP contribution is 2.25. The smallest absolute Gasteiger partial charge is 0.244 e. The monoisotopic (exact) mass is 295 g/mol. The predicted octanol–water partition coefficient (Wildman–Crippen LogP) is 1.17. The Morgan fingerprint density at radius 1 is 1.45 bits per heavy atom. The summed E-state index contributed by atoms with van der Waals surface area (Å²) < 4.78 is 11.2. The molecule has 0 radical (unpaired) electrons. The molecule has 2 rings (SSSR count). The summed E-state index contributed by atoms with van der Waals surface area (Å²) in [6, 6.07) is 7.55. The molecule has 1 aliphatic rings. The Hall–Kier alpha value is -1.56. The van der Waals surface area contributed by atoms with Crippen LogP contribution in [0, 0.1) is 0 Å². The van der Waals surface area contributed by atoms with Crippen LogP contribution < -0.4 is 16.0 Å². The SMILES string of the molecule is CC(CCNC(=O)C1CNc2ccccc2N1)S(C)=O. The second kappa shape index (κ2) is 6.74. The standard InChI is InChI=1S/C14H21N3O2S/c1-10(20(2)19)7-8-15-14(18)13-9-16-11-5-3-4-6-12(11)17-13/h3-6,10,13,16-17H,7-9H2,1-2H3,(H,15,18). The fraction of sp³-hybridized carbons (Fsp3) is 0.500. The minimum Gasteiger partial charge on any atom is -0.381 e. The van der Waals surface area contributed by atoms with Crippen LogP contribution in [0.1, 0.15) is 13.3 Å². The Morgan fingerprint density at radius 2 is 2.15 bits per heavy atom. The van der Waals surface area contributed by atoms with Crippen LogP contribution in [-0.4, -0.2) is 40.8 Å². The van der Waals surface area contributed by atoms with Gasteiger partial charge in [-0.05, 0) is 18.6 Å². The number of hydrogen-bond donors (Lipinski definition) is 3. The highest BCUT2D eigenvalue weighted by atomic mass is 32.2. The summed E-state index contributed by atoms with van der Waals surface area (Å²) in [5, 5.41) is 9.46. The molecule has 0 saturated heterocycles. The van der Waals surface area contributed by atoms with Gasteiger partial charge in [-0.25, -0.2) is 0 Å². The van der Waals surface area contributed by atoms with Crippen LogP contribution in [0.25, 0.3) is 0 Å². The predicted molar refractivity (Wildman–Crippen MR) is 83.5 cm³/mol. The van der Waals surface area contributed by atoms with E-state index in [9.17, 15) is 9.00 Å². The van der Waals surface area contributed by atoms with Crippen molar-refractivity contribution in [1.82, 2.24) is 5.32 Å². The van der Waals surface area contributed by atoms with E-state index in [1.807, 2.05) is 31.2 Å². The molecular weight excluding hydrogens is 274 g/mol. The van der Waals surface area contributed by atoms with Crippen LogP contribution in [0.4, 0.5) is 11.4 Å². The molecule has 0 aliphatic carbocycles. The van der Waals surface area contributed by atoms with Crippen LogP contribution in [0.15, 0.2) is 24.3 Å². The molecule has 3 atom stereocenters. The third-order valence-electron chi connectivity index (χ3n) is 3.49. The minimum atomic E-state index is -0.839. The Balaban J connectivity index is 1.81. The van der Waals surface area contributed by atoms with Gasteiger partial charge in [0.1, 0.15) is 6.04 Å². The zero-order valence-electron chi connectivity index (χ0n) is 11.8. The largest absolute Gasteiger partial charge is 0.381 e. The molecule has 1 aliphatic heterocycles. The molecular formula is C14H21N3O2S. The number of amides is 1. The van der Waals surface area contributed by atoms with E-state index in [0.29, 0.717) is 13.1 Å². The number of hydrogen-bond acceptors (Lipinski definition) is 4. The third-order valence-corrected chi connectivity index (χ3v) is 4.86. The van der Waals surface area contributed by atoms with Crippen molar-refractivity contribution in [2.45, 2.75) is 24.6 Å². The van der Waals surface area contributed by atoms with Crippen molar-refractivity contribution in [3.8, 4) is 0 Å². The Morgan fingerprint density at radius 3 is 2.85 bits per heavy atom. The van der Waals surface area contributed by atoms with E-state index < -0.39 is 10.8 Å². The molecule has 0 saturated carbocycles. The van der Waals surface area contributed by atoms with Crippen molar-refractivity contribution in [3.63, 3.8) is 0 Å². The molecule has 3 unspecified atom stereocenters. The van der Waals surface area contributed by atoms with Crippen LogP contribution in [0.2, 0.25) is 0 Å². The zero-order valence-corrected chi connectivity index (χ0v) is 12.6. The van der Waals surface area contributed by atoms with Gasteiger partial charge in [-0.15, -0.1) is 0 Å². The van der Waals surface area contributed by atoms with Gasteiger partial charge in [0, 0.05) is 35.4 Å². The van der Waals surface area contributed by atoms with Crippen molar-refractivity contribution >= 4 is 28.1 Å². The topological polar surface area (TPSA) is 70.2 Å². The molecule has 0 spiro atoms. The number of para-hydroxylation sites is 2. The number of benzene rings is 1. The number of anilines is 2. The second-order valence-electron chi connectivity index (χ2n) is 5.01. The second-order valence-corrected chi connectivity index (χ2v) is 6.81. The molecule has 0 aromatic heterocycles. The lowest BCUT2D eigenvalue weighted by Crippen LogP contribution is -2.46. The molecule has 5 nitrogen and oxygen atoms in total. The first kappa shape index (κ1) is 14.8. The summed E-state index contributed by atoms with van der Waals surface area (Å²) in [5.74, 6) is -0.0268. The Labute approximate surface area is 122 Å². The van der Waals surface area contributed by atoms with Gasteiger partial charge in [0.2, 0.25) is 5.91 Å². The molecule has 0 fully saturated rings. The van der Waals surface area contributed by atoms with Gasteiger partial charge in [-0.3, -0.25) is 9.00 Å². The first-order chi connectivity index (χ1) is 9.58. The number of fused-ring (bicyclic) bond motifs is 1. The highest BCUT2D eigenvalue weighted by Gasteiger charge is 2.23. The average Bonchev–Trinajstić information content (AvgIpc) is 2.46. The highest BCUT2D eigenvalue weighted by molar-refractivity contribution is 7.84. The van der Waals surface area contributed by atoms with E-state index in [1.54, 1.807) is 6.26 Å². The lowest BCUT2D eigenvalue weighted by atomic mass is 10.1. The zero-order chi connectivity index (χ0) is 14.5. The van der Waals surface area contributed by atoms with Gasteiger partial charge in [0.15, 0.2) is 0 Å². The lowest BCUT2D eigenvalue weighted by Gasteiger charge is -2.27. The van der Waals surface area contributed by atoms with Gasteiger partial charge in [-0.1, -0.05) is 19.1 Å². The summed E-state index contributed by atoms with van der Waals surface area (Å²) in [5.41, 5.74) is 1.97. The van der Waals surface area contributed by atoms with E-state index in [2.05, 4.69) is 16.0 Å². The molecule has 1 aromatic carbocycles. The van der Waals surface area contributed by atoms with Crippen molar-refractivity contribution in [2.75, 3.05) is 30.0 Å². The van der Waals surface area contributed by atoms with Crippen molar-refractivity contribution in [1.29, 1.82) is 0 Å². The van der Waals surface area contributed by atoms with E-state index in [-0.39, 0.29) is 17.2 Å². The fourth-order valence-corrected chi connectivity index (χ4v) is 2.51. The maximum Gasteiger partial charge on any atom is 0.244 e. The minimum absolute atomic E-state index is 0.0268. The van der Waals surface area contributed by atoms with E-state index >= 15 is 0 Å². The molecule has 3 N–H and O–H groups in total. The van der Waals surface area contributed by atoms with Crippen LogP contribution >= 0.6 is 0 Å². The van der Waals surface area contributed by atoms with Crippen molar-refractivity contribution in [2.24, 2.45) is 0 Å². The normalized spacial score (nSPS) is 20.0. The van der Waals surface area contributed by atoms with E-state index in [4.69, 9.17) is 0 Å². The van der Waals surface area contributed by atoms with Gasteiger partial charge in [-0.2, -0.15) is 0 Å². The van der Waals surface area contributed by atoms with Gasteiger partial charge in [0.25, 0.3) is 0 Å². The van der Waals surface area contributed by atoms with Crippen LogP contribution in [0.3, 0.4) is 0 Å². The summed E-state index contributed by atoms with van der Waals surface area (Å²) in [4.78, 5) is 12.1. The van der Waals surface area contributed by atoms with Gasteiger partial charge >= 0.3 is 0 Å². The number of carbonyl (C=O) groups excluding carboxylic acids is 1. The van der Waals surface area contributed by atoms with E-state index in [1.165, 1.54) is 0 Å². The van der Waals surface area contributed by atoms with Gasteiger partial charge in [0.05, 0.1) is 11.4 Å². The van der Waals surface area contributed by atoms with Gasteiger partial charge < -0.3 is 16.0 Å². The summed E-state index contributed by atoms with van der Waals surface area (Å²) in [7, 11) is -0.839. The Kier molecular flexibility index (Phi) is 5.00. The molecule has 6 heteroatoms. The van der Waals surface area contributed by atoms with Crippen LogP contribution in [-0.2, 0) is 15.6 Å². The number of rotatable bonds is 5. The maximum atomic E-state index is 12.1. The molecule has 0 bridgehead atoms. The van der Waals surface area contributed by atoms with Crippen LogP contribution in [0.5, 0.6) is 0 Å². The number of carbonyl (C=O) groups is 1. The van der Waals surface area contributed by atoms with Crippen molar-refractivity contribution < 1.29 is 9.00 Å². The average molecular weight is 295 g/mol. The molecule has 110 valence electrons. The lowest BCUT2D eigenvalue weighted by molar-refractivity contribution is -0.121. The first-order valence-electron chi connectivity index (χ1n) is 6.77. The first-order valence-corrected chi connectivity index (χ1v) is 8.39. The Bertz CT molecular complexity index is 507. The fourth-order valence-electron chi connectivity index (χ4n) is 2.06. The summed E-state index contributed by atoms with van der Waals surface area (Å²) in [6.07, 6.45) is 2.42. The maximum absolute atomic E-state index is 12.1. The molecule has 20 heavy (non-hydrogen) atoms. The van der Waals surface area contributed by atoms with E-state index in [0.717, 1.165) is 17.8 Å². The summed E-state index contributed by atoms with van der Waals surface area (Å²) >= 11 is 0. The quantitative estimate of drug-likeness (QED) is 0.762.